The minimum Gasteiger partial charge on any atom is -0.361 e. The lowest BCUT2D eigenvalue weighted by molar-refractivity contribution is 0.215. The van der Waals surface area contributed by atoms with Crippen LogP contribution in [0.1, 0.15) is 54.7 Å². The second-order valence-electron chi connectivity index (χ2n) is 7.80. The molecule has 1 N–H and O–H groups in total. The number of guanidine groups is 1. The number of piperidine rings is 1. The highest BCUT2D eigenvalue weighted by Gasteiger charge is 2.30. The van der Waals surface area contributed by atoms with Gasteiger partial charge in [0.05, 0.1) is 5.69 Å². The lowest BCUT2D eigenvalue weighted by atomic mass is 9.79. The molecule has 0 aliphatic carbocycles. The molecule has 0 spiro atoms. The highest BCUT2D eigenvalue weighted by molar-refractivity contribution is 14.0. The fraction of sp³-hybridized carbons (Fsp3) is 0.565. The number of nitrogens with one attached hydrogen (secondary N) is 1. The van der Waals surface area contributed by atoms with Gasteiger partial charge in [0.2, 0.25) is 0 Å². The summed E-state index contributed by atoms with van der Waals surface area (Å²) >= 11 is 0. The van der Waals surface area contributed by atoms with Crippen molar-refractivity contribution in [2.24, 2.45) is 10.9 Å². The van der Waals surface area contributed by atoms with Crippen molar-refractivity contribution in [3.8, 4) is 0 Å². The topological polar surface area (TPSA) is 53.7 Å². The summed E-state index contributed by atoms with van der Waals surface area (Å²) in [5.74, 6) is 3.29. The number of halogens is 1. The van der Waals surface area contributed by atoms with Crippen LogP contribution in [-0.4, -0.2) is 42.7 Å². The molecule has 3 rings (SSSR count). The normalized spacial score (nSPS) is 19.7. The summed E-state index contributed by atoms with van der Waals surface area (Å²) in [6.45, 7) is 9.35. The molecule has 29 heavy (non-hydrogen) atoms. The molecule has 6 heteroatoms. The van der Waals surface area contributed by atoms with Crippen molar-refractivity contribution in [2.75, 3.05) is 26.7 Å². The van der Waals surface area contributed by atoms with E-state index in [1.54, 1.807) is 0 Å². The predicted molar refractivity (Wildman–Crippen MR) is 130 cm³/mol. The number of hydrogen-bond donors (Lipinski definition) is 1. The van der Waals surface area contributed by atoms with Crippen LogP contribution in [0, 0.1) is 19.8 Å². The lowest BCUT2D eigenvalue weighted by Crippen LogP contribution is -2.48. The molecule has 2 unspecified atom stereocenters. The third-order valence-corrected chi connectivity index (χ3v) is 6.07. The Hall–Kier alpha value is -1.57. The number of aryl methyl sites for hydroxylation is 2. The molecule has 1 fully saturated rings. The van der Waals surface area contributed by atoms with Crippen molar-refractivity contribution in [3.05, 3.63) is 52.9 Å². The Bertz CT molecular complexity index is 755. The highest BCUT2D eigenvalue weighted by atomic mass is 127. The first-order chi connectivity index (χ1) is 13.6. The molecular formula is C23H35IN4O. The highest BCUT2D eigenvalue weighted by Crippen LogP contribution is 2.34. The van der Waals surface area contributed by atoms with Crippen molar-refractivity contribution in [1.82, 2.24) is 15.4 Å². The summed E-state index contributed by atoms with van der Waals surface area (Å²) in [4.78, 5) is 6.98. The average Bonchev–Trinajstić information content (AvgIpc) is 3.06. The number of likely N-dealkylation sites (tertiary alicyclic amines) is 1. The van der Waals surface area contributed by atoms with Crippen LogP contribution in [0.4, 0.5) is 0 Å². The molecule has 1 aliphatic rings. The van der Waals surface area contributed by atoms with Gasteiger partial charge in [0, 0.05) is 32.2 Å². The van der Waals surface area contributed by atoms with Gasteiger partial charge < -0.3 is 14.7 Å². The Kier molecular flexibility index (Phi) is 9.46. The minimum atomic E-state index is 0. The predicted octanol–water partition coefficient (Wildman–Crippen LogP) is 4.93. The van der Waals surface area contributed by atoms with Crippen LogP contribution in [0.5, 0.6) is 0 Å². The number of aliphatic imine (C=N–C) groups is 1. The summed E-state index contributed by atoms with van der Waals surface area (Å²) in [5, 5.41) is 7.61. The number of benzene rings is 1. The van der Waals surface area contributed by atoms with Crippen LogP contribution >= 0.6 is 24.0 Å². The maximum absolute atomic E-state index is 5.26. The van der Waals surface area contributed by atoms with E-state index in [0.717, 1.165) is 49.9 Å². The van der Waals surface area contributed by atoms with Crippen LogP contribution in [0.3, 0.4) is 0 Å². The van der Waals surface area contributed by atoms with Crippen molar-refractivity contribution >= 4 is 29.9 Å². The van der Waals surface area contributed by atoms with Gasteiger partial charge in [-0.25, -0.2) is 0 Å². The molecule has 0 radical (unpaired) electrons. The van der Waals surface area contributed by atoms with Crippen LogP contribution in [-0.2, 0) is 6.42 Å². The molecule has 0 bridgehead atoms. The molecule has 1 aromatic carbocycles. The van der Waals surface area contributed by atoms with E-state index in [4.69, 9.17) is 4.52 Å². The zero-order valence-electron chi connectivity index (χ0n) is 18.1. The average molecular weight is 510 g/mol. The fourth-order valence-corrected chi connectivity index (χ4v) is 4.43. The Labute approximate surface area is 192 Å². The standard InChI is InChI=1S/C23H34N4O.HI/c1-5-19-16-27(15-13-22(19)20-10-7-6-8-11-20)23(24-4)25-14-9-12-21-17(2)26-28-18(21)3;/h6-8,10-11,19,22H,5,9,12-16H2,1-4H3,(H,24,25);1H. The van der Waals surface area contributed by atoms with Crippen LogP contribution in [0.15, 0.2) is 39.8 Å². The molecule has 2 atom stereocenters. The van der Waals surface area contributed by atoms with E-state index in [-0.39, 0.29) is 24.0 Å². The van der Waals surface area contributed by atoms with E-state index in [1.807, 2.05) is 20.9 Å². The van der Waals surface area contributed by atoms with E-state index >= 15 is 0 Å². The molecule has 1 aliphatic heterocycles. The molecule has 0 saturated carbocycles. The largest absolute Gasteiger partial charge is 0.361 e. The first kappa shape index (κ1) is 23.7. The SMILES string of the molecule is CCC1CN(C(=NC)NCCCc2c(C)noc2C)CCC1c1ccccc1.I. The van der Waals surface area contributed by atoms with E-state index in [9.17, 15) is 0 Å². The van der Waals surface area contributed by atoms with E-state index in [0.29, 0.717) is 11.8 Å². The van der Waals surface area contributed by atoms with E-state index in [1.165, 1.54) is 24.0 Å². The maximum atomic E-state index is 5.26. The van der Waals surface area contributed by atoms with Gasteiger partial charge in [-0.2, -0.15) is 0 Å². The van der Waals surface area contributed by atoms with Crippen LogP contribution in [0.2, 0.25) is 0 Å². The monoisotopic (exact) mass is 510 g/mol. The van der Waals surface area contributed by atoms with Crippen LogP contribution in [0.25, 0.3) is 0 Å². The molecule has 5 nitrogen and oxygen atoms in total. The Morgan fingerprint density at radius 3 is 2.66 bits per heavy atom. The van der Waals surface area contributed by atoms with Crippen LogP contribution < -0.4 is 5.32 Å². The molecule has 160 valence electrons. The van der Waals surface area contributed by atoms with Gasteiger partial charge in [-0.05, 0) is 50.5 Å². The van der Waals surface area contributed by atoms with Gasteiger partial charge in [-0.3, -0.25) is 4.99 Å². The smallest absolute Gasteiger partial charge is 0.193 e. The molecule has 2 aromatic rings. The van der Waals surface area contributed by atoms with Gasteiger partial charge in [-0.15, -0.1) is 24.0 Å². The zero-order chi connectivity index (χ0) is 19.9. The Morgan fingerprint density at radius 2 is 2.03 bits per heavy atom. The van der Waals surface area contributed by atoms with E-state index in [2.05, 4.69) is 57.6 Å². The maximum Gasteiger partial charge on any atom is 0.193 e. The van der Waals surface area contributed by atoms with E-state index < -0.39 is 0 Å². The molecule has 1 saturated heterocycles. The van der Waals surface area contributed by atoms with Crippen molar-refractivity contribution in [2.45, 2.75) is 52.4 Å². The van der Waals surface area contributed by atoms with Crippen molar-refractivity contribution < 1.29 is 4.52 Å². The van der Waals surface area contributed by atoms with Gasteiger partial charge in [0.25, 0.3) is 0 Å². The zero-order valence-corrected chi connectivity index (χ0v) is 20.5. The van der Waals surface area contributed by atoms with Gasteiger partial charge in [0.1, 0.15) is 5.76 Å². The molecular weight excluding hydrogens is 475 g/mol. The fourth-order valence-electron chi connectivity index (χ4n) is 4.43. The molecule has 1 aromatic heterocycles. The quantitative estimate of drug-likeness (QED) is 0.259. The number of hydrogen-bond acceptors (Lipinski definition) is 3. The lowest BCUT2D eigenvalue weighted by Gasteiger charge is -2.40. The third kappa shape index (κ3) is 5.96. The first-order valence-corrected chi connectivity index (χ1v) is 10.6. The summed E-state index contributed by atoms with van der Waals surface area (Å²) < 4.78 is 5.26. The van der Waals surface area contributed by atoms with Crippen molar-refractivity contribution in [3.63, 3.8) is 0 Å². The van der Waals surface area contributed by atoms with Gasteiger partial charge in [-0.1, -0.05) is 48.8 Å². The number of rotatable bonds is 6. The van der Waals surface area contributed by atoms with Gasteiger partial charge in [0.15, 0.2) is 5.96 Å². The first-order valence-electron chi connectivity index (χ1n) is 10.6. The second kappa shape index (κ2) is 11.6. The minimum absolute atomic E-state index is 0. The van der Waals surface area contributed by atoms with Crippen molar-refractivity contribution in [1.29, 1.82) is 0 Å². The Morgan fingerprint density at radius 1 is 1.28 bits per heavy atom. The molecule has 2 heterocycles. The number of aromatic nitrogens is 1. The summed E-state index contributed by atoms with van der Waals surface area (Å²) in [5.41, 5.74) is 3.73. The third-order valence-electron chi connectivity index (χ3n) is 6.07. The Balaban J connectivity index is 0.00000300. The second-order valence-corrected chi connectivity index (χ2v) is 7.80. The molecule has 0 amide bonds. The summed E-state index contributed by atoms with van der Waals surface area (Å²) in [7, 11) is 1.89. The number of nitrogens with zero attached hydrogens (tertiary/aromatic N) is 3. The van der Waals surface area contributed by atoms with Gasteiger partial charge >= 0.3 is 0 Å². The summed E-state index contributed by atoms with van der Waals surface area (Å²) in [6, 6.07) is 11.0. The summed E-state index contributed by atoms with van der Waals surface area (Å²) in [6.07, 6.45) is 4.40.